The molecule has 0 spiro atoms. The molecule has 0 bridgehead atoms. The minimum Gasteiger partial charge on any atom is -0.210 e. The molecule has 1 N–H and O–H groups in total. The lowest BCUT2D eigenvalue weighted by molar-refractivity contribution is 1.00. The summed E-state index contributed by atoms with van der Waals surface area (Å²) < 4.78 is 0. The molecule has 0 atom stereocenters. The van der Waals surface area contributed by atoms with Crippen LogP contribution in [-0.2, 0) is 0 Å². The highest BCUT2D eigenvalue weighted by molar-refractivity contribution is 5.01. The summed E-state index contributed by atoms with van der Waals surface area (Å²) in [6.45, 7) is 2.44. The highest BCUT2D eigenvalue weighted by Crippen LogP contribution is 1.76. The lowest BCUT2D eigenvalue weighted by Crippen LogP contribution is -1.63. The normalized spacial score (nSPS) is 11.1. The first-order valence-corrected chi connectivity index (χ1v) is 2.53. The Labute approximate surface area is 49.4 Å². The van der Waals surface area contributed by atoms with Gasteiger partial charge < -0.3 is 0 Å². The first kappa shape index (κ1) is 7.08. The molecule has 0 aliphatic rings. The molecule has 0 fully saturated rings. The van der Waals surface area contributed by atoms with E-state index in [-0.39, 0.29) is 0 Å². The van der Waals surface area contributed by atoms with Crippen LogP contribution in [0.1, 0.15) is 6.92 Å². The maximum atomic E-state index is 6.39. The first-order valence-electron chi connectivity index (χ1n) is 2.53. The topological polar surface area (TPSA) is 36.2 Å². The molecule has 0 aromatic rings. The van der Waals surface area contributed by atoms with Crippen LogP contribution in [0.3, 0.4) is 0 Å². The predicted molar refractivity (Wildman–Crippen MR) is 34.0 cm³/mol. The maximum absolute atomic E-state index is 6.39. The van der Waals surface area contributed by atoms with Crippen LogP contribution < -0.4 is 0 Å². The van der Waals surface area contributed by atoms with E-state index in [1.165, 1.54) is 0 Å². The van der Waals surface area contributed by atoms with Gasteiger partial charge in [0.1, 0.15) is 0 Å². The summed E-state index contributed by atoms with van der Waals surface area (Å²) >= 11 is 0. The van der Waals surface area contributed by atoms with E-state index in [2.05, 4.69) is 5.11 Å². The monoisotopic (exact) mass is 110 g/mol. The Bertz CT molecular complexity index is 103. The van der Waals surface area contributed by atoms with Gasteiger partial charge in [0.2, 0.25) is 0 Å². The van der Waals surface area contributed by atoms with Gasteiger partial charge >= 0.3 is 0 Å². The van der Waals surface area contributed by atoms with Crippen LogP contribution in [0, 0.1) is 5.53 Å². The molecule has 0 unspecified atom stereocenters. The van der Waals surface area contributed by atoms with Crippen molar-refractivity contribution in [2.24, 2.45) is 5.11 Å². The van der Waals surface area contributed by atoms with E-state index < -0.39 is 0 Å². The summed E-state index contributed by atoms with van der Waals surface area (Å²) in [6.07, 6.45) is 7.54. The van der Waals surface area contributed by atoms with Crippen LogP contribution in [-0.4, -0.2) is 6.54 Å². The Hall–Kier alpha value is -0.920. The van der Waals surface area contributed by atoms with Crippen molar-refractivity contribution in [2.45, 2.75) is 6.92 Å². The maximum Gasteiger partial charge on any atom is 0.0780 e. The highest BCUT2D eigenvalue weighted by Gasteiger charge is 1.63. The molecule has 0 heterocycles. The zero-order valence-electron chi connectivity index (χ0n) is 4.96. The molecule has 0 saturated heterocycles. The van der Waals surface area contributed by atoms with Crippen LogP contribution in [0.25, 0.3) is 0 Å². The smallest absolute Gasteiger partial charge is 0.0780 e. The van der Waals surface area contributed by atoms with Crippen molar-refractivity contribution < 1.29 is 0 Å². The van der Waals surface area contributed by atoms with Crippen molar-refractivity contribution in [1.29, 1.82) is 5.53 Å². The molecular formula is C6H10N2. The number of hydrogen-bond acceptors (Lipinski definition) is 2. The number of rotatable bonds is 3. The number of hydrogen-bond donors (Lipinski definition) is 1. The van der Waals surface area contributed by atoms with Gasteiger partial charge in [0.05, 0.1) is 6.54 Å². The second-order valence-corrected chi connectivity index (χ2v) is 1.29. The van der Waals surface area contributed by atoms with Crippen LogP contribution in [0.2, 0.25) is 0 Å². The molecular weight excluding hydrogens is 100 g/mol. The summed E-state index contributed by atoms with van der Waals surface area (Å²) in [7, 11) is 0. The first-order chi connectivity index (χ1) is 3.91. The highest BCUT2D eigenvalue weighted by atomic mass is 14.9. The zero-order chi connectivity index (χ0) is 6.24. The van der Waals surface area contributed by atoms with E-state index in [0.29, 0.717) is 6.54 Å². The van der Waals surface area contributed by atoms with Gasteiger partial charge in [0.25, 0.3) is 0 Å². The van der Waals surface area contributed by atoms with E-state index >= 15 is 0 Å². The molecule has 0 aromatic heterocycles. The van der Waals surface area contributed by atoms with Gasteiger partial charge in [-0.25, -0.2) is 5.53 Å². The van der Waals surface area contributed by atoms with Gasteiger partial charge in [-0.05, 0) is 6.92 Å². The van der Waals surface area contributed by atoms with Gasteiger partial charge in [-0.15, -0.1) is 0 Å². The molecule has 0 saturated carbocycles. The Balaban J connectivity index is 3.19. The van der Waals surface area contributed by atoms with Gasteiger partial charge in [0.15, 0.2) is 0 Å². The fraction of sp³-hybridized carbons (Fsp3) is 0.333. The van der Waals surface area contributed by atoms with Crippen molar-refractivity contribution in [3.05, 3.63) is 24.3 Å². The van der Waals surface area contributed by atoms with Gasteiger partial charge in [-0.2, -0.15) is 5.11 Å². The molecule has 0 rings (SSSR count). The Morgan fingerprint density at radius 3 is 2.75 bits per heavy atom. The quantitative estimate of drug-likeness (QED) is 0.427. The van der Waals surface area contributed by atoms with E-state index in [1.54, 1.807) is 0 Å². The zero-order valence-corrected chi connectivity index (χ0v) is 4.96. The summed E-state index contributed by atoms with van der Waals surface area (Å²) in [5, 5.41) is 3.14. The third-order valence-electron chi connectivity index (χ3n) is 0.636. The summed E-state index contributed by atoms with van der Waals surface area (Å²) in [5.41, 5.74) is 6.39. The lowest BCUT2D eigenvalue weighted by Gasteiger charge is -1.72. The number of allylic oxidation sites excluding steroid dienone is 3. The van der Waals surface area contributed by atoms with Crippen molar-refractivity contribution >= 4 is 0 Å². The molecule has 0 radical (unpaired) electrons. The molecule has 44 valence electrons. The molecule has 2 heteroatoms. The number of nitrogens with zero attached hydrogens (tertiary/aromatic N) is 1. The number of nitrogens with one attached hydrogen (secondary N) is 1. The van der Waals surface area contributed by atoms with Gasteiger partial charge in [-0.3, -0.25) is 0 Å². The molecule has 0 aliphatic carbocycles. The van der Waals surface area contributed by atoms with E-state index in [1.807, 2.05) is 31.2 Å². The summed E-state index contributed by atoms with van der Waals surface area (Å²) in [4.78, 5) is 0. The lowest BCUT2D eigenvalue weighted by atomic mass is 10.4. The van der Waals surface area contributed by atoms with Crippen LogP contribution >= 0.6 is 0 Å². The van der Waals surface area contributed by atoms with Crippen molar-refractivity contribution in [3.8, 4) is 0 Å². The van der Waals surface area contributed by atoms with Crippen molar-refractivity contribution in [3.63, 3.8) is 0 Å². The fourth-order valence-electron chi connectivity index (χ4n) is 0.303. The minimum atomic E-state index is 0.490. The molecule has 0 aliphatic heterocycles. The third kappa shape index (κ3) is 5.08. The van der Waals surface area contributed by atoms with Gasteiger partial charge in [0, 0.05) is 0 Å². The van der Waals surface area contributed by atoms with Crippen molar-refractivity contribution in [2.75, 3.05) is 6.54 Å². The molecule has 0 amide bonds. The SMILES string of the molecule is C/C=C\C=C/CN=N. The summed E-state index contributed by atoms with van der Waals surface area (Å²) in [6, 6.07) is 0. The second kappa shape index (κ2) is 6.08. The van der Waals surface area contributed by atoms with Crippen LogP contribution in [0.15, 0.2) is 29.4 Å². The molecule has 0 aromatic carbocycles. The van der Waals surface area contributed by atoms with E-state index in [0.717, 1.165) is 0 Å². The average molecular weight is 110 g/mol. The van der Waals surface area contributed by atoms with Crippen LogP contribution in [0.4, 0.5) is 0 Å². The van der Waals surface area contributed by atoms with Gasteiger partial charge in [-0.1, -0.05) is 24.3 Å². The van der Waals surface area contributed by atoms with Crippen LogP contribution in [0.5, 0.6) is 0 Å². The largest absolute Gasteiger partial charge is 0.210 e. The average Bonchev–Trinajstić information content (AvgIpc) is 1.81. The third-order valence-corrected chi connectivity index (χ3v) is 0.636. The van der Waals surface area contributed by atoms with E-state index in [4.69, 9.17) is 5.53 Å². The molecule has 8 heavy (non-hydrogen) atoms. The van der Waals surface area contributed by atoms with E-state index in [9.17, 15) is 0 Å². The predicted octanol–water partition coefficient (Wildman–Crippen LogP) is 2.15. The standard InChI is InChI=1S/C6H10N2/c1-2-3-4-5-6-8-7/h2-5,7H,6H2,1H3/b3-2-,5-4-,8-7?. The Kier molecular flexibility index (Phi) is 5.38. The minimum absolute atomic E-state index is 0.490. The Morgan fingerprint density at radius 1 is 1.50 bits per heavy atom. The molecule has 2 nitrogen and oxygen atoms in total. The second-order valence-electron chi connectivity index (χ2n) is 1.29. The Morgan fingerprint density at radius 2 is 2.25 bits per heavy atom. The van der Waals surface area contributed by atoms with Crippen molar-refractivity contribution in [1.82, 2.24) is 0 Å². The summed E-state index contributed by atoms with van der Waals surface area (Å²) in [5.74, 6) is 0. The fourth-order valence-corrected chi connectivity index (χ4v) is 0.303.